The predicted octanol–water partition coefficient (Wildman–Crippen LogP) is 2.16. The summed E-state index contributed by atoms with van der Waals surface area (Å²) in [5.74, 6) is -0.199. The minimum absolute atomic E-state index is 0.199. The second-order valence-corrected chi connectivity index (χ2v) is 5.32. The van der Waals surface area contributed by atoms with Crippen LogP contribution >= 0.6 is 0 Å². The Hall–Kier alpha value is -1.83. The van der Waals surface area contributed by atoms with Crippen LogP contribution in [-0.4, -0.2) is 21.2 Å². The van der Waals surface area contributed by atoms with Gasteiger partial charge in [-0.3, -0.25) is 9.48 Å². The van der Waals surface area contributed by atoms with E-state index < -0.39 is 5.54 Å². The zero-order valence-electron chi connectivity index (χ0n) is 11.4. The molecule has 0 aliphatic heterocycles. The Morgan fingerprint density at radius 2 is 2.00 bits per heavy atom. The first-order chi connectivity index (χ1) is 9.15. The molecule has 0 radical (unpaired) electrons. The van der Waals surface area contributed by atoms with Gasteiger partial charge >= 0.3 is 0 Å². The monoisotopic (exact) mass is 260 g/mol. The van der Waals surface area contributed by atoms with E-state index in [1.165, 1.54) is 12.6 Å². The van der Waals surface area contributed by atoms with Crippen molar-refractivity contribution in [2.24, 2.45) is 7.05 Å². The highest BCUT2D eigenvalue weighted by Crippen LogP contribution is 2.26. The molecule has 1 aliphatic rings. The van der Waals surface area contributed by atoms with E-state index in [1.807, 2.05) is 0 Å². The molecule has 1 amide bonds. The highest BCUT2D eigenvalue weighted by atomic mass is 16.1. The van der Waals surface area contributed by atoms with Gasteiger partial charge in [-0.15, -0.1) is 0 Å². The zero-order valence-corrected chi connectivity index (χ0v) is 11.4. The van der Waals surface area contributed by atoms with Gasteiger partial charge in [0.15, 0.2) is 0 Å². The van der Waals surface area contributed by atoms with Gasteiger partial charge in [0.05, 0.1) is 17.8 Å². The van der Waals surface area contributed by atoms with Crippen molar-refractivity contribution in [2.45, 2.75) is 50.5 Å². The Labute approximate surface area is 113 Å². The van der Waals surface area contributed by atoms with Crippen LogP contribution in [0.4, 0.5) is 0 Å². The number of nitrogens with zero attached hydrogens (tertiary/aromatic N) is 3. The van der Waals surface area contributed by atoms with Gasteiger partial charge in [0.25, 0.3) is 5.91 Å². The summed E-state index contributed by atoms with van der Waals surface area (Å²) in [6, 6.07) is 2.33. The van der Waals surface area contributed by atoms with E-state index in [0.29, 0.717) is 5.56 Å². The summed E-state index contributed by atoms with van der Waals surface area (Å²) in [6.45, 7) is 0. The summed E-state index contributed by atoms with van der Waals surface area (Å²) >= 11 is 0. The number of amides is 1. The van der Waals surface area contributed by atoms with E-state index in [1.54, 1.807) is 17.9 Å². The maximum absolute atomic E-state index is 12.2. The maximum Gasteiger partial charge on any atom is 0.255 e. The molecule has 2 rings (SSSR count). The van der Waals surface area contributed by atoms with Crippen LogP contribution in [0.25, 0.3) is 0 Å². The molecule has 1 aromatic heterocycles. The standard InChI is InChI=1S/C14H20N4O/c1-18-10-12(9-16-18)13(19)17-14(11-15)7-5-3-2-4-6-8-14/h9-10H,2-8H2,1H3,(H,17,19). The summed E-state index contributed by atoms with van der Waals surface area (Å²) in [5, 5.41) is 16.4. The summed E-state index contributed by atoms with van der Waals surface area (Å²) in [4.78, 5) is 12.2. The highest BCUT2D eigenvalue weighted by molar-refractivity contribution is 5.94. The third kappa shape index (κ3) is 3.34. The van der Waals surface area contributed by atoms with Gasteiger partial charge in [-0.25, -0.2) is 0 Å². The molecule has 0 bridgehead atoms. The summed E-state index contributed by atoms with van der Waals surface area (Å²) in [7, 11) is 1.77. The van der Waals surface area contributed by atoms with Gasteiger partial charge in [0, 0.05) is 13.2 Å². The first-order valence-corrected chi connectivity index (χ1v) is 6.88. The molecule has 0 spiro atoms. The lowest BCUT2D eigenvalue weighted by Gasteiger charge is -2.29. The van der Waals surface area contributed by atoms with E-state index in [-0.39, 0.29) is 5.91 Å². The molecule has 1 heterocycles. The number of carbonyl (C=O) groups excluding carboxylic acids is 1. The first kappa shape index (κ1) is 13.6. The molecular formula is C14H20N4O. The topological polar surface area (TPSA) is 70.7 Å². The van der Waals surface area contributed by atoms with Crippen molar-refractivity contribution in [3.8, 4) is 6.07 Å². The fraction of sp³-hybridized carbons (Fsp3) is 0.643. The fourth-order valence-electron chi connectivity index (χ4n) is 2.60. The fourth-order valence-corrected chi connectivity index (χ4v) is 2.60. The molecule has 0 saturated heterocycles. The third-order valence-corrected chi connectivity index (χ3v) is 3.74. The van der Waals surface area contributed by atoms with E-state index >= 15 is 0 Å². The molecule has 5 heteroatoms. The molecule has 0 atom stereocenters. The largest absolute Gasteiger partial charge is 0.334 e. The van der Waals surface area contributed by atoms with Gasteiger partial charge in [0.2, 0.25) is 0 Å². The minimum atomic E-state index is -0.701. The Morgan fingerprint density at radius 1 is 1.37 bits per heavy atom. The van der Waals surface area contributed by atoms with Crippen molar-refractivity contribution in [1.82, 2.24) is 15.1 Å². The van der Waals surface area contributed by atoms with Crippen molar-refractivity contribution in [1.29, 1.82) is 5.26 Å². The normalized spacial score (nSPS) is 18.9. The third-order valence-electron chi connectivity index (χ3n) is 3.74. The maximum atomic E-state index is 12.2. The van der Waals surface area contributed by atoms with Crippen LogP contribution in [0.15, 0.2) is 12.4 Å². The Morgan fingerprint density at radius 3 is 2.53 bits per heavy atom. The van der Waals surface area contributed by atoms with E-state index in [0.717, 1.165) is 38.5 Å². The number of hydrogen-bond donors (Lipinski definition) is 1. The van der Waals surface area contributed by atoms with Crippen LogP contribution in [0, 0.1) is 11.3 Å². The van der Waals surface area contributed by atoms with Crippen molar-refractivity contribution < 1.29 is 4.79 Å². The molecule has 1 N–H and O–H groups in total. The number of aryl methyl sites for hydroxylation is 1. The second kappa shape index (κ2) is 5.87. The van der Waals surface area contributed by atoms with Crippen LogP contribution < -0.4 is 5.32 Å². The molecule has 1 fully saturated rings. The van der Waals surface area contributed by atoms with E-state index in [2.05, 4.69) is 16.5 Å². The average Bonchev–Trinajstić information content (AvgIpc) is 2.80. The average molecular weight is 260 g/mol. The number of nitriles is 1. The van der Waals surface area contributed by atoms with Crippen LogP contribution in [-0.2, 0) is 7.05 Å². The summed E-state index contributed by atoms with van der Waals surface area (Å²) < 4.78 is 1.59. The molecular weight excluding hydrogens is 240 g/mol. The van der Waals surface area contributed by atoms with Gasteiger partial charge in [-0.1, -0.05) is 32.1 Å². The van der Waals surface area contributed by atoms with Crippen LogP contribution in [0.2, 0.25) is 0 Å². The predicted molar refractivity (Wildman–Crippen MR) is 71.3 cm³/mol. The Kier molecular flexibility index (Phi) is 4.20. The molecule has 0 unspecified atom stereocenters. The van der Waals surface area contributed by atoms with Crippen molar-refractivity contribution in [3.63, 3.8) is 0 Å². The number of aromatic nitrogens is 2. The number of nitrogens with one attached hydrogen (secondary N) is 1. The van der Waals surface area contributed by atoms with Gasteiger partial charge in [-0.2, -0.15) is 10.4 Å². The number of rotatable bonds is 2. The van der Waals surface area contributed by atoms with Gasteiger partial charge in [0.1, 0.15) is 5.54 Å². The zero-order chi connectivity index (χ0) is 13.7. The molecule has 1 aliphatic carbocycles. The highest BCUT2D eigenvalue weighted by Gasteiger charge is 2.32. The second-order valence-electron chi connectivity index (χ2n) is 5.32. The van der Waals surface area contributed by atoms with Crippen molar-refractivity contribution >= 4 is 5.91 Å². The van der Waals surface area contributed by atoms with Crippen LogP contribution in [0.1, 0.15) is 55.3 Å². The molecule has 1 aromatic rings. The van der Waals surface area contributed by atoms with E-state index in [4.69, 9.17) is 0 Å². The molecule has 102 valence electrons. The van der Waals surface area contributed by atoms with Crippen LogP contribution in [0.5, 0.6) is 0 Å². The molecule has 0 aromatic carbocycles. The Bertz CT molecular complexity index is 478. The molecule has 19 heavy (non-hydrogen) atoms. The Balaban J connectivity index is 2.08. The summed E-state index contributed by atoms with van der Waals surface area (Å²) in [6.07, 6.45) is 10.2. The minimum Gasteiger partial charge on any atom is -0.334 e. The van der Waals surface area contributed by atoms with Gasteiger partial charge in [-0.05, 0) is 12.8 Å². The molecule has 5 nitrogen and oxygen atoms in total. The van der Waals surface area contributed by atoms with Crippen LogP contribution in [0.3, 0.4) is 0 Å². The quantitative estimate of drug-likeness (QED) is 0.885. The smallest absolute Gasteiger partial charge is 0.255 e. The first-order valence-electron chi connectivity index (χ1n) is 6.88. The van der Waals surface area contributed by atoms with Crippen molar-refractivity contribution in [3.05, 3.63) is 18.0 Å². The lowest BCUT2D eigenvalue weighted by molar-refractivity contribution is 0.0907. The number of hydrogen-bond acceptors (Lipinski definition) is 3. The lowest BCUT2D eigenvalue weighted by atomic mass is 9.85. The lowest BCUT2D eigenvalue weighted by Crippen LogP contribution is -2.47. The molecule has 1 saturated carbocycles. The SMILES string of the molecule is Cn1cc(C(=O)NC2(C#N)CCCCCCC2)cn1. The van der Waals surface area contributed by atoms with Gasteiger partial charge < -0.3 is 5.32 Å². The van der Waals surface area contributed by atoms with E-state index in [9.17, 15) is 10.1 Å². The summed E-state index contributed by atoms with van der Waals surface area (Å²) in [5.41, 5.74) is -0.188. The number of carbonyl (C=O) groups is 1. The van der Waals surface area contributed by atoms with Crippen molar-refractivity contribution in [2.75, 3.05) is 0 Å².